The Bertz CT molecular complexity index is 554. The largest absolute Gasteiger partial charge is 0.355 e. The average Bonchev–Trinajstić information content (AvgIpc) is 2.56. The van der Waals surface area contributed by atoms with Crippen molar-refractivity contribution in [2.45, 2.75) is 19.3 Å². The molecule has 0 spiro atoms. The first-order chi connectivity index (χ1) is 10.8. The minimum absolute atomic E-state index is 0.0520. The highest BCUT2D eigenvalue weighted by Gasteiger charge is 2.06. The van der Waals surface area contributed by atoms with Gasteiger partial charge < -0.3 is 10.6 Å². The van der Waals surface area contributed by atoms with E-state index in [0.717, 1.165) is 13.0 Å². The van der Waals surface area contributed by atoms with Gasteiger partial charge >= 0.3 is 0 Å². The number of rotatable bonds is 8. The fraction of sp³-hybridized carbons (Fsp3) is 0.316. The van der Waals surface area contributed by atoms with Crippen molar-refractivity contribution in [3.63, 3.8) is 0 Å². The van der Waals surface area contributed by atoms with Gasteiger partial charge in [0.2, 0.25) is 5.91 Å². The zero-order chi connectivity index (χ0) is 15.6. The Kier molecular flexibility index (Phi) is 6.65. The topological polar surface area (TPSA) is 41.1 Å². The molecule has 2 rings (SSSR count). The lowest BCUT2D eigenvalue weighted by Gasteiger charge is -2.13. The van der Waals surface area contributed by atoms with Crippen molar-refractivity contribution in [3.8, 4) is 0 Å². The third-order valence-electron chi connectivity index (χ3n) is 3.68. The first-order valence-corrected chi connectivity index (χ1v) is 7.82. The number of hydrogen-bond acceptors (Lipinski definition) is 2. The lowest BCUT2D eigenvalue weighted by molar-refractivity contribution is -0.120. The van der Waals surface area contributed by atoms with E-state index in [-0.39, 0.29) is 5.91 Å². The average molecular weight is 296 g/mol. The van der Waals surface area contributed by atoms with Gasteiger partial charge in [-0.1, -0.05) is 67.6 Å². The molecular weight excluding hydrogens is 272 g/mol. The standard InChI is InChI=1S/C19H24N2O/c1-16(18-10-6-3-7-11-18)14-20-15-19(22)21-13-12-17-8-4-2-5-9-17/h2-11,16,20H,12-15H2,1H3,(H,21,22). The summed E-state index contributed by atoms with van der Waals surface area (Å²) in [7, 11) is 0. The minimum Gasteiger partial charge on any atom is -0.355 e. The van der Waals surface area contributed by atoms with Crippen LogP contribution in [0.25, 0.3) is 0 Å². The molecular formula is C19H24N2O. The molecule has 1 atom stereocenters. The number of nitrogens with one attached hydrogen (secondary N) is 2. The van der Waals surface area contributed by atoms with Crippen LogP contribution in [0.4, 0.5) is 0 Å². The Morgan fingerprint density at radius 1 is 1.00 bits per heavy atom. The highest BCUT2D eigenvalue weighted by molar-refractivity contribution is 5.77. The van der Waals surface area contributed by atoms with E-state index in [9.17, 15) is 4.79 Å². The minimum atomic E-state index is 0.0520. The van der Waals surface area contributed by atoms with Crippen LogP contribution in [0.15, 0.2) is 60.7 Å². The zero-order valence-corrected chi connectivity index (χ0v) is 13.1. The van der Waals surface area contributed by atoms with Gasteiger partial charge in [-0.05, 0) is 23.5 Å². The number of carbonyl (C=O) groups is 1. The molecule has 0 aliphatic rings. The fourth-order valence-corrected chi connectivity index (χ4v) is 2.36. The Morgan fingerprint density at radius 2 is 1.64 bits per heavy atom. The molecule has 0 aliphatic heterocycles. The summed E-state index contributed by atoms with van der Waals surface area (Å²) in [5.41, 5.74) is 2.54. The zero-order valence-electron chi connectivity index (χ0n) is 13.1. The first kappa shape index (κ1) is 16.2. The molecule has 0 radical (unpaired) electrons. The summed E-state index contributed by atoms with van der Waals surface area (Å²) < 4.78 is 0. The van der Waals surface area contributed by atoms with Gasteiger partial charge in [-0.15, -0.1) is 0 Å². The summed E-state index contributed by atoms with van der Waals surface area (Å²) in [6.45, 7) is 4.01. The predicted octanol–water partition coefficient (Wildman–Crippen LogP) is 2.74. The summed E-state index contributed by atoms with van der Waals surface area (Å²) in [6, 6.07) is 20.5. The van der Waals surface area contributed by atoms with Crippen LogP contribution in [-0.2, 0) is 11.2 Å². The van der Waals surface area contributed by atoms with Crippen LogP contribution in [-0.4, -0.2) is 25.5 Å². The number of amides is 1. The first-order valence-electron chi connectivity index (χ1n) is 7.82. The van der Waals surface area contributed by atoms with Crippen molar-refractivity contribution in [2.24, 2.45) is 0 Å². The van der Waals surface area contributed by atoms with Gasteiger partial charge in [-0.2, -0.15) is 0 Å². The molecule has 0 fully saturated rings. The molecule has 0 bridgehead atoms. The summed E-state index contributed by atoms with van der Waals surface area (Å²) >= 11 is 0. The molecule has 3 heteroatoms. The molecule has 22 heavy (non-hydrogen) atoms. The smallest absolute Gasteiger partial charge is 0.233 e. The van der Waals surface area contributed by atoms with Crippen LogP contribution in [0, 0.1) is 0 Å². The monoisotopic (exact) mass is 296 g/mol. The van der Waals surface area contributed by atoms with E-state index in [2.05, 4.69) is 41.8 Å². The van der Waals surface area contributed by atoms with E-state index in [4.69, 9.17) is 0 Å². The number of benzene rings is 2. The van der Waals surface area contributed by atoms with Gasteiger partial charge in [-0.25, -0.2) is 0 Å². The van der Waals surface area contributed by atoms with Gasteiger partial charge in [-0.3, -0.25) is 4.79 Å². The lowest BCUT2D eigenvalue weighted by Crippen LogP contribution is -2.36. The second kappa shape index (κ2) is 9.00. The SMILES string of the molecule is CC(CNCC(=O)NCCc1ccccc1)c1ccccc1. The van der Waals surface area contributed by atoms with Crippen molar-refractivity contribution in [1.29, 1.82) is 0 Å². The second-order valence-electron chi connectivity index (χ2n) is 5.53. The summed E-state index contributed by atoms with van der Waals surface area (Å²) in [5.74, 6) is 0.453. The Morgan fingerprint density at radius 3 is 2.32 bits per heavy atom. The van der Waals surface area contributed by atoms with E-state index in [1.54, 1.807) is 0 Å². The van der Waals surface area contributed by atoms with Crippen LogP contribution in [0.2, 0.25) is 0 Å². The van der Waals surface area contributed by atoms with Crippen molar-refractivity contribution in [1.82, 2.24) is 10.6 Å². The van der Waals surface area contributed by atoms with Crippen molar-refractivity contribution in [2.75, 3.05) is 19.6 Å². The molecule has 2 aromatic carbocycles. The summed E-state index contributed by atoms with van der Waals surface area (Å²) in [6.07, 6.45) is 0.868. The Hall–Kier alpha value is -2.13. The maximum absolute atomic E-state index is 11.8. The molecule has 1 amide bonds. The van der Waals surface area contributed by atoms with Gasteiger partial charge in [0.05, 0.1) is 6.54 Å². The van der Waals surface area contributed by atoms with Crippen LogP contribution in [0.1, 0.15) is 24.0 Å². The predicted molar refractivity (Wildman–Crippen MR) is 90.9 cm³/mol. The quantitative estimate of drug-likeness (QED) is 0.786. The third-order valence-corrected chi connectivity index (χ3v) is 3.68. The molecule has 116 valence electrons. The van der Waals surface area contributed by atoms with Crippen molar-refractivity contribution in [3.05, 3.63) is 71.8 Å². The molecule has 0 saturated carbocycles. The number of carbonyl (C=O) groups excluding carboxylic acids is 1. The van der Waals surface area contributed by atoms with Gasteiger partial charge in [0.25, 0.3) is 0 Å². The molecule has 2 N–H and O–H groups in total. The molecule has 0 aromatic heterocycles. The van der Waals surface area contributed by atoms with Gasteiger partial charge in [0.15, 0.2) is 0 Å². The number of hydrogen-bond donors (Lipinski definition) is 2. The van der Waals surface area contributed by atoms with Crippen molar-refractivity contribution >= 4 is 5.91 Å². The van der Waals surface area contributed by atoms with Crippen LogP contribution in [0.5, 0.6) is 0 Å². The van der Waals surface area contributed by atoms with E-state index < -0.39 is 0 Å². The van der Waals surface area contributed by atoms with E-state index >= 15 is 0 Å². The van der Waals surface area contributed by atoms with Crippen LogP contribution < -0.4 is 10.6 Å². The maximum atomic E-state index is 11.8. The fourth-order valence-electron chi connectivity index (χ4n) is 2.36. The van der Waals surface area contributed by atoms with E-state index in [1.807, 2.05) is 36.4 Å². The highest BCUT2D eigenvalue weighted by Crippen LogP contribution is 2.12. The maximum Gasteiger partial charge on any atom is 0.233 e. The van der Waals surface area contributed by atoms with Crippen LogP contribution in [0.3, 0.4) is 0 Å². The molecule has 0 heterocycles. The summed E-state index contributed by atoms with van der Waals surface area (Å²) in [5, 5.41) is 6.16. The normalized spacial score (nSPS) is 11.9. The molecule has 1 unspecified atom stereocenters. The second-order valence-corrected chi connectivity index (χ2v) is 5.53. The molecule has 0 aliphatic carbocycles. The van der Waals surface area contributed by atoms with Crippen LogP contribution >= 0.6 is 0 Å². The van der Waals surface area contributed by atoms with Gasteiger partial charge in [0, 0.05) is 13.1 Å². The molecule has 2 aromatic rings. The Balaban J connectivity index is 1.60. The third kappa shape index (κ3) is 5.70. The van der Waals surface area contributed by atoms with E-state index in [0.29, 0.717) is 19.0 Å². The van der Waals surface area contributed by atoms with Crippen molar-refractivity contribution < 1.29 is 4.79 Å². The highest BCUT2D eigenvalue weighted by atomic mass is 16.1. The van der Waals surface area contributed by atoms with E-state index in [1.165, 1.54) is 11.1 Å². The Labute approximate surface area is 132 Å². The molecule has 0 saturated heterocycles. The van der Waals surface area contributed by atoms with Gasteiger partial charge in [0.1, 0.15) is 0 Å². The molecule has 3 nitrogen and oxygen atoms in total. The summed E-state index contributed by atoms with van der Waals surface area (Å²) in [4.78, 5) is 11.8. The lowest BCUT2D eigenvalue weighted by atomic mass is 10.0.